The number of benzene rings is 2. The number of halogens is 1. The molecule has 0 radical (unpaired) electrons. The van der Waals surface area contributed by atoms with Gasteiger partial charge in [-0.2, -0.15) is 0 Å². The monoisotopic (exact) mass is 469 g/mol. The number of hydrogen-bond acceptors (Lipinski definition) is 5. The maximum atomic E-state index is 12.5. The van der Waals surface area contributed by atoms with Crippen LogP contribution in [-0.4, -0.2) is 16.0 Å². The summed E-state index contributed by atoms with van der Waals surface area (Å²) in [4.78, 5) is 17.0. The Bertz CT molecular complexity index is 1250. The molecule has 0 atom stereocenters. The minimum absolute atomic E-state index is 0.156. The van der Waals surface area contributed by atoms with Gasteiger partial charge in [0.2, 0.25) is 0 Å². The zero-order chi connectivity index (χ0) is 21.8. The molecular formula is C23H20ClN3O2S2. The van der Waals surface area contributed by atoms with Crippen LogP contribution in [0.1, 0.15) is 35.9 Å². The molecule has 5 nitrogen and oxygen atoms in total. The molecule has 0 bridgehead atoms. The molecular weight excluding hydrogens is 450 g/mol. The zero-order valence-electron chi connectivity index (χ0n) is 16.8. The predicted molar refractivity (Wildman–Crippen MR) is 131 cm³/mol. The number of fused-ring (bicyclic) bond motifs is 1. The highest BCUT2D eigenvalue weighted by atomic mass is 35.5. The molecule has 158 valence electrons. The molecule has 2 heterocycles. The summed E-state index contributed by atoms with van der Waals surface area (Å²) >= 11 is 12.8. The quantitative estimate of drug-likeness (QED) is 0.308. The number of furan rings is 1. The van der Waals surface area contributed by atoms with Gasteiger partial charge < -0.3 is 9.73 Å². The first kappa shape index (κ1) is 21.5. The second-order valence-electron chi connectivity index (χ2n) is 7.01. The molecule has 4 aromatic rings. The standard InChI is InChI=1S/C23H20ClN3O2S2/c1-2-3-5-14-8-9-17-20(12-14)31-23(25-17)27-22(30)26-21(28)19-11-10-18(29-19)15-6-4-7-16(24)13-15/h4,6-13H,2-3,5H2,1H3,(H2,25,26,27,28,30). The predicted octanol–water partition coefficient (Wildman–Crippen LogP) is 6.68. The molecule has 0 saturated heterocycles. The Balaban J connectivity index is 1.40. The molecule has 0 fully saturated rings. The van der Waals surface area contributed by atoms with E-state index in [4.69, 9.17) is 28.2 Å². The molecule has 0 aliphatic heterocycles. The summed E-state index contributed by atoms with van der Waals surface area (Å²) in [7, 11) is 0. The van der Waals surface area contributed by atoms with Crippen LogP contribution in [0.5, 0.6) is 0 Å². The Morgan fingerprint density at radius 3 is 2.87 bits per heavy atom. The lowest BCUT2D eigenvalue weighted by molar-refractivity contribution is 0.0951. The highest BCUT2D eigenvalue weighted by Crippen LogP contribution is 2.28. The van der Waals surface area contributed by atoms with Crippen molar-refractivity contribution in [2.45, 2.75) is 26.2 Å². The number of hydrogen-bond donors (Lipinski definition) is 2. The molecule has 0 spiro atoms. The number of anilines is 1. The van der Waals surface area contributed by atoms with E-state index in [1.807, 2.05) is 18.2 Å². The molecule has 2 N–H and O–H groups in total. The number of unbranched alkanes of at least 4 members (excludes halogenated alkanes) is 1. The average molecular weight is 470 g/mol. The number of aryl methyl sites for hydroxylation is 1. The SMILES string of the molecule is CCCCc1ccc2nc(NC(=S)NC(=O)c3ccc(-c4cccc(Cl)c4)o3)sc2c1. The first-order valence-corrected chi connectivity index (χ1v) is 11.5. The van der Waals surface area contributed by atoms with Crippen LogP contribution >= 0.6 is 35.2 Å². The number of nitrogens with one attached hydrogen (secondary N) is 2. The van der Waals surface area contributed by atoms with Crippen LogP contribution in [0.3, 0.4) is 0 Å². The fourth-order valence-electron chi connectivity index (χ4n) is 3.11. The van der Waals surface area contributed by atoms with Gasteiger partial charge in [-0.25, -0.2) is 4.98 Å². The number of thiocarbonyl (C=S) groups is 1. The minimum Gasteiger partial charge on any atom is -0.451 e. The minimum atomic E-state index is -0.436. The normalized spacial score (nSPS) is 10.9. The van der Waals surface area contributed by atoms with Gasteiger partial charge in [-0.15, -0.1) is 0 Å². The van der Waals surface area contributed by atoms with Crippen LogP contribution in [0.25, 0.3) is 21.5 Å². The Kier molecular flexibility index (Phi) is 6.65. The van der Waals surface area contributed by atoms with Crippen molar-refractivity contribution in [1.82, 2.24) is 10.3 Å². The van der Waals surface area contributed by atoms with Gasteiger partial charge in [0.1, 0.15) is 5.76 Å². The Morgan fingerprint density at radius 2 is 2.06 bits per heavy atom. The lowest BCUT2D eigenvalue weighted by atomic mass is 10.1. The third-order valence-corrected chi connectivity index (χ3v) is 6.03. The molecule has 2 aromatic carbocycles. The maximum Gasteiger partial charge on any atom is 0.293 e. The van der Waals surface area contributed by atoms with Gasteiger partial charge in [0, 0.05) is 10.6 Å². The highest BCUT2D eigenvalue weighted by molar-refractivity contribution is 7.80. The number of nitrogens with zero attached hydrogens (tertiary/aromatic N) is 1. The Hall–Kier alpha value is -2.74. The van der Waals surface area contributed by atoms with Crippen LogP contribution in [0, 0.1) is 0 Å². The van der Waals surface area contributed by atoms with Crippen molar-refractivity contribution in [3.8, 4) is 11.3 Å². The van der Waals surface area contributed by atoms with Gasteiger partial charge in [0.15, 0.2) is 16.0 Å². The lowest BCUT2D eigenvalue weighted by Gasteiger charge is -2.05. The first-order chi connectivity index (χ1) is 15.0. The van der Waals surface area contributed by atoms with Gasteiger partial charge in [0.05, 0.1) is 10.2 Å². The van der Waals surface area contributed by atoms with E-state index >= 15 is 0 Å². The second-order valence-corrected chi connectivity index (χ2v) is 8.88. The Labute approximate surface area is 194 Å². The van der Waals surface area contributed by atoms with Crippen LogP contribution < -0.4 is 10.6 Å². The van der Waals surface area contributed by atoms with Gasteiger partial charge in [-0.05, 0) is 67.0 Å². The van der Waals surface area contributed by atoms with Crippen LogP contribution in [0.2, 0.25) is 5.02 Å². The topological polar surface area (TPSA) is 67.2 Å². The van der Waals surface area contributed by atoms with Crippen LogP contribution in [-0.2, 0) is 6.42 Å². The summed E-state index contributed by atoms with van der Waals surface area (Å²) in [5, 5.41) is 7.01. The Morgan fingerprint density at radius 1 is 1.19 bits per heavy atom. The smallest absolute Gasteiger partial charge is 0.293 e. The largest absolute Gasteiger partial charge is 0.451 e. The molecule has 4 rings (SSSR count). The van der Waals surface area contributed by atoms with E-state index in [0.29, 0.717) is 15.9 Å². The van der Waals surface area contributed by atoms with E-state index in [0.717, 1.165) is 35.0 Å². The molecule has 0 saturated carbocycles. The van der Waals surface area contributed by atoms with E-state index in [-0.39, 0.29) is 10.9 Å². The molecule has 31 heavy (non-hydrogen) atoms. The van der Waals surface area contributed by atoms with Crippen molar-refractivity contribution in [3.63, 3.8) is 0 Å². The van der Waals surface area contributed by atoms with E-state index < -0.39 is 5.91 Å². The number of aromatic nitrogens is 1. The van der Waals surface area contributed by atoms with Crippen LogP contribution in [0.15, 0.2) is 59.0 Å². The van der Waals surface area contributed by atoms with Crippen LogP contribution in [0.4, 0.5) is 5.13 Å². The van der Waals surface area contributed by atoms with E-state index in [9.17, 15) is 4.79 Å². The fraction of sp³-hybridized carbons (Fsp3) is 0.174. The maximum absolute atomic E-state index is 12.5. The summed E-state index contributed by atoms with van der Waals surface area (Å²) in [6.07, 6.45) is 3.39. The van der Waals surface area contributed by atoms with Gasteiger partial charge >= 0.3 is 0 Å². The zero-order valence-corrected chi connectivity index (χ0v) is 19.2. The van der Waals surface area contributed by atoms with Gasteiger partial charge in [-0.1, -0.05) is 54.5 Å². The van der Waals surface area contributed by atoms with Gasteiger partial charge in [0.25, 0.3) is 5.91 Å². The van der Waals surface area contributed by atoms with Crippen molar-refractivity contribution in [3.05, 3.63) is 70.9 Å². The summed E-state index contributed by atoms with van der Waals surface area (Å²) < 4.78 is 6.75. The van der Waals surface area contributed by atoms with E-state index in [1.54, 1.807) is 24.3 Å². The number of amides is 1. The summed E-state index contributed by atoms with van der Waals surface area (Å²) in [6, 6.07) is 16.8. The number of carbonyl (C=O) groups is 1. The summed E-state index contributed by atoms with van der Waals surface area (Å²) in [5.74, 6) is 0.273. The van der Waals surface area contributed by atoms with Crippen molar-refractivity contribution in [1.29, 1.82) is 0 Å². The number of rotatable bonds is 6. The lowest BCUT2D eigenvalue weighted by Crippen LogP contribution is -2.33. The summed E-state index contributed by atoms with van der Waals surface area (Å²) in [6.45, 7) is 2.18. The molecule has 2 aromatic heterocycles. The third-order valence-electron chi connectivity index (χ3n) is 4.66. The molecule has 0 aliphatic carbocycles. The van der Waals surface area contributed by atoms with E-state index in [1.165, 1.54) is 16.9 Å². The van der Waals surface area contributed by atoms with Crippen molar-refractivity contribution < 1.29 is 9.21 Å². The van der Waals surface area contributed by atoms with Crippen molar-refractivity contribution >= 4 is 61.5 Å². The van der Waals surface area contributed by atoms with Crippen molar-refractivity contribution in [2.75, 3.05) is 5.32 Å². The van der Waals surface area contributed by atoms with E-state index in [2.05, 4.69) is 34.7 Å². The fourth-order valence-corrected chi connectivity index (χ4v) is 4.49. The summed E-state index contributed by atoms with van der Waals surface area (Å²) in [5.41, 5.74) is 2.99. The third kappa shape index (κ3) is 5.31. The van der Waals surface area contributed by atoms with Crippen molar-refractivity contribution in [2.24, 2.45) is 0 Å². The number of thiazole rings is 1. The molecule has 1 amide bonds. The average Bonchev–Trinajstić information content (AvgIpc) is 3.38. The van der Waals surface area contributed by atoms with Gasteiger partial charge in [-0.3, -0.25) is 10.1 Å². The molecule has 0 unspecified atom stereocenters. The molecule has 0 aliphatic rings. The highest BCUT2D eigenvalue weighted by Gasteiger charge is 2.15. The first-order valence-electron chi connectivity index (χ1n) is 9.89. The molecule has 8 heteroatoms. The second kappa shape index (κ2) is 9.60. The number of carbonyl (C=O) groups excluding carboxylic acids is 1.